The Hall–Kier alpha value is -1.67. The SMILES string of the molecule is COc1cc(N)cc(-c2ccccc2Cl)c1. The first kappa shape index (κ1) is 10.8. The van der Waals surface area contributed by atoms with E-state index >= 15 is 0 Å². The van der Waals surface area contributed by atoms with Gasteiger partial charge in [0.25, 0.3) is 0 Å². The van der Waals surface area contributed by atoms with Gasteiger partial charge in [0.1, 0.15) is 5.75 Å². The van der Waals surface area contributed by atoms with Gasteiger partial charge in [0.2, 0.25) is 0 Å². The van der Waals surface area contributed by atoms with Crippen molar-refractivity contribution in [3.63, 3.8) is 0 Å². The largest absolute Gasteiger partial charge is 0.497 e. The molecule has 0 amide bonds. The molecule has 2 aromatic carbocycles. The molecular weight excluding hydrogens is 222 g/mol. The first-order valence-corrected chi connectivity index (χ1v) is 5.28. The molecule has 0 atom stereocenters. The van der Waals surface area contributed by atoms with Crippen LogP contribution in [0.2, 0.25) is 5.02 Å². The lowest BCUT2D eigenvalue weighted by Gasteiger charge is -2.08. The molecule has 0 fully saturated rings. The van der Waals surface area contributed by atoms with E-state index in [1.54, 1.807) is 13.2 Å². The second-order valence-electron chi connectivity index (χ2n) is 3.47. The van der Waals surface area contributed by atoms with Gasteiger partial charge in [-0.25, -0.2) is 0 Å². The number of halogens is 1. The summed E-state index contributed by atoms with van der Waals surface area (Å²) in [6, 6.07) is 13.2. The van der Waals surface area contributed by atoms with Crippen LogP contribution in [0.5, 0.6) is 5.75 Å². The summed E-state index contributed by atoms with van der Waals surface area (Å²) in [7, 11) is 1.62. The molecule has 0 aliphatic rings. The fourth-order valence-corrected chi connectivity index (χ4v) is 1.84. The summed E-state index contributed by atoms with van der Waals surface area (Å²) in [6.07, 6.45) is 0. The maximum atomic E-state index is 6.13. The van der Waals surface area contributed by atoms with E-state index in [0.717, 1.165) is 16.9 Å². The number of hydrogen-bond acceptors (Lipinski definition) is 2. The highest BCUT2D eigenvalue weighted by Gasteiger charge is 2.05. The molecule has 0 saturated heterocycles. The van der Waals surface area contributed by atoms with Crippen LogP contribution < -0.4 is 10.5 Å². The third-order valence-corrected chi connectivity index (χ3v) is 2.68. The molecule has 2 N–H and O–H groups in total. The zero-order valence-corrected chi connectivity index (χ0v) is 9.66. The van der Waals surface area contributed by atoms with Gasteiger partial charge < -0.3 is 10.5 Å². The number of nitrogens with two attached hydrogens (primary N) is 1. The molecule has 0 spiro atoms. The smallest absolute Gasteiger partial charge is 0.121 e. The van der Waals surface area contributed by atoms with Crippen molar-refractivity contribution in [1.82, 2.24) is 0 Å². The van der Waals surface area contributed by atoms with Gasteiger partial charge in [-0.3, -0.25) is 0 Å². The van der Waals surface area contributed by atoms with Crippen molar-refractivity contribution in [3.05, 3.63) is 47.5 Å². The molecule has 16 heavy (non-hydrogen) atoms. The average Bonchev–Trinajstić information content (AvgIpc) is 2.28. The Kier molecular flexibility index (Phi) is 3.02. The van der Waals surface area contributed by atoms with Crippen LogP contribution in [0.4, 0.5) is 5.69 Å². The van der Waals surface area contributed by atoms with E-state index in [9.17, 15) is 0 Å². The first-order valence-electron chi connectivity index (χ1n) is 4.90. The summed E-state index contributed by atoms with van der Waals surface area (Å²) in [6.45, 7) is 0. The Labute approximate surface area is 99.6 Å². The minimum absolute atomic E-state index is 0.661. The highest BCUT2D eigenvalue weighted by molar-refractivity contribution is 6.33. The van der Waals surface area contributed by atoms with Crippen LogP contribution in [0.1, 0.15) is 0 Å². The topological polar surface area (TPSA) is 35.2 Å². The maximum Gasteiger partial charge on any atom is 0.121 e. The molecule has 0 saturated carbocycles. The zero-order valence-electron chi connectivity index (χ0n) is 8.91. The standard InChI is InChI=1S/C13H12ClNO/c1-16-11-7-9(6-10(15)8-11)12-4-2-3-5-13(12)14/h2-8H,15H2,1H3. The van der Waals surface area contributed by atoms with Gasteiger partial charge in [0.05, 0.1) is 7.11 Å². The Morgan fingerprint density at radius 1 is 1.12 bits per heavy atom. The van der Waals surface area contributed by atoms with Gasteiger partial charge in [-0.05, 0) is 23.8 Å². The molecular formula is C13H12ClNO. The van der Waals surface area contributed by atoms with Crippen molar-refractivity contribution in [2.45, 2.75) is 0 Å². The zero-order chi connectivity index (χ0) is 11.5. The van der Waals surface area contributed by atoms with Gasteiger partial charge in [-0.15, -0.1) is 0 Å². The molecule has 0 aliphatic carbocycles. The number of methoxy groups -OCH3 is 1. The van der Waals surface area contributed by atoms with Crippen LogP contribution in [0, 0.1) is 0 Å². The molecule has 0 aromatic heterocycles. The molecule has 2 nitrogen and oxygen atoms in total. The second-order valence-corrected chi connectivity index (χ2v) is 3.88. The Balaban J connectivity index is 2.56. The van der Waals surface area contributed by atoms with Crippen molar-refractivity contribution in [2.24, 2.45) is 0 Å². The Bertz CT molecular complexity index is 511. The van der Waals surface area contributed by atoms with Crippen molar-refractivity contribution < 1.29 is 4.74 Å². The van der Waals surface area contributed by atoms with Crippen LogP contribution in [0.25, 0.3) is 11.1 Å². The van der Waals surface area contributed by atoms with Crippen molar-refractivity contribution in [2.75, 3.05) is 12.8 Å². The van der Waals surface area contributed by atoms with Crippen molar-refractivity contribution >= 4 is 17.3 Å². The fourth-order valence-electron chi connectivity index (χ4n) is 1.59. The molecule has 0 radical (unpaired) electrons. The fraction of sp³-hybridized carbons (Fsp3) is 0.0769. The Morgan fingerprint density at radius 3 is 2.56 bits per heavy atom. The summed E-state index contributed by atoms with van der Waals surface area (Å²) in [5, 5.41) is 0.704. The summed E-state index contributed by atoms with van der Waals surface area (Å²) in [5.74, 6) is 0.731. The summed E-state index contributed by atoms with van der Waals surface area (Å²) < 4.78 is 5.17. The predicted molar refractivity (Wildman–Crippen MR) is 67.9 cm³/mol. The van der Waals surface area contributed by atoms with E-state index in [1.807, 2.05) is 36.4 Å². The number of ether oxygens (including phenoxy) is 1. The van der Waals surface area contributed by atoms with Gasteiger partial charge in [-0.2, -0.15) is 0 Å². The van der Waals surface area contributed by atoms with E-state index in [2.05, 4.69) is 0 Å². The number of nitrogen functional groups attached to an aromatic ring is 1. The van der Waals surface area contributed by atoms with Crippen LogP contribution in [-0.4, -0.2) is 7.11 Å². The molecule has 82 valence electrons. The van der Waals surface area contributed by atoms with Crippen LogP contribution in [0.15, 0.2) is 42.5 Å². The molecule has 3 heteroatoms. The van der Waals surface area contributed by atoms with E-state index in [1.165, 1.54) is 0 Å². The minimum atomic E-state index is 0.661. The quantitative estimate of drug-likeness (QED) is 0.805. The third-order valence-electron chi connectivity index (χ3n) is 2.35. The minimum Gasteiger partial charge on any atom is -0.497 e. The van der Waals surface area contributed by atoms with E-state index in [4.69, 9.17) is 22.1 Å². The molecule has 0 bridgehead atoms. The summed E-state index contributed by atoms with van der Waals surface area (Å²) in [5.41, 5.74) is 8.37. The first-order chi connectivity index (χ1) is 7.70. The van der Waals surface area contributed by atoms with Gasteiger partial charge in [0.15, 0.2) is 0 Å². The molecule has 2 rings (SSSR count). The number of anilines is 1. The van der Waals surface area contributed by atoms with Crippen LogP contribution in [0.3, 0.4) is 0 Å². The van der Waals surface area contributed by atoms with Gasteiger partial charge in [-0.1, -0.05) is 29.8 Å². The third kappa shape index (κ3) is 2.12. The second kappa shape index (κ2) is 4.45. The highest BCUT2D eigenvalue weighted by atomic mass is 35.5. The monoisotopic (exact) mass is 233 g/mol. The lowest BCUT2D eigenvalue weighted by atomic mass is 10.0. The lowest BCUT2D eigenvalue weighted by Crippen LogP contribution is -1.90. The molecule has 0 aliphatic heterocycles. The molecule has 0 heterocycles. The van der Waals surface area contributed by atoms with Crippen LogP contribution >= 0.6 is 11.6 Å². The van der Waals surface area contributed by atoms with Gasteiger partial charge in [0, 0.05) is 22.3 Å². The number of benzene rings is 2. The predicted octanol–water partition coefficient (Wildman–Crippen LogP) is 3.60. The highest BCUT2D eigenvalue weighted by Crippen LogP contribution is 2.31. The van der Waals surface area contributed by atoms with E-state index in [0.29, 0.717) is 10.7 Å². The summed E-state index contributed by atoms with van der Waals surface area (Å²) in [4.78, 5) is 0. The normalized spacial score (nSPS) is 10.1. The van der Waals surface area contributed by atoms with Crippen molar-refractivity contribution in [1.29, 1.82) is 0 Å². The van der Waals surface area contributed by atoms with Gasteiger partial charge >= 0.3 is 0 Å². The van der Waals surface area contributed by atoms with Crippen molar-refractivity contribution in [3.8, 4) is 16.9 Å². The average molecular weight is 234 g/mol. The summed E-state index contributed by atoms with van der Waals surface area (Å²) >= 11 is 6.13. The van der Waals surface area contributed by atoms with E-state index in [-0.39, 0.29) is 0 Å². The Morgan fingerprint density at radius 2 is 1.88 bits per heavy atom. The lowest BCUT2D eigenvalue weighted by molar-refractivity contribution is 0.415. The number of hydrogen-bond donors (Lipinski definition) is 1. The maximum absolute atomic E-state index is 6.13. The molecule has 0 unspecified atom stereocenters. The molecule has 2 aromatic rings. The van der Waals surface area contributed by atoms with Crippen LogP contribution in [-0.2, 0) is 0 Å². The van der Waals surface area contributed by atoms with E-state index < -0.39 is 0 Å². The number of rotatable bonds is 2.